The summed E-state index contributed by atoms with van der Waals surface area (Å²) >= 11 is 0. The fraction of sp³-hybridized carbons (Fsp3) is 0. The molecule has 4 heterocycles. The topological polar surface area (TPSA) is 8.82 Å². The fourth-order valence-corrected chi connectivity index (χ4v) is 13.3. The van der Waals surface area contributed by atoms with Crippen LogP contribution in [0.3, 0.4) is 0 Å². The van der Waals surface area contributed by atoms with Gasteiger partial charge in [-0.1, -0.05) is 194 Å². The minimum absolute atomic E-state index is 1.24. The van der Waals surface area contributed by atoms with Crippen LogP contribution in [0.4, 0.5) is 0 Å². The molecule has 0 aliphatic heterocycles. The maximum Gasteiger partial charge on any atom is 0.0620 e. The van der Waals surface area contributed by atoms with Crippen LogP contribution in [0.5, 0.6) is 0 Å². The number of rotatable bonds is 0. The lowest BCUT2D eigenvalue weighted by molar-refractivity contribution is 1.35. The number of para-hydroxylation sites is 2. The molecule has 4 aromatic heterocycles. The molecule has 17 rings (SSSR count). The van der Waals surface area contributed by atoms with Gasteiger partial charge < -0.3 is 8.80 Å². The highest BCUT2D eigenvalue weighted by atomic mass is 14.9. The molecule has 15 aromatic rings. The molecule has 2 aliphatic carbocycles. The molecule has 0 saturated carbocycles. The Hall–Kier alpha value is -8.98. The summed E-state index contributed by atoms with van der Waals surface area (Å²) in [6.45, 7) is 0. The van der Waals surface area contributed by atoms with Gasteiger partial charge in [0.15, 0.2) is 0 Å². The average Bonchev–Trinajstić information content (AvgIpc) is 4.13. The van der Waals surface area contributed by atoms with Crippen molar-refractivity contribution in [2.75, 3.05) is 0 Å². The molecule has 0 bridgehead atoms. The van der Waals surface area contributed by atoms with Crippen molar-refractivity contribution >= 4 is 76.2 Å². The van der Waals surface area contributed by atoms with E-state index in [-0.39, 0.29) is 0 Å². The highest BCUT2D eigenvalue weighted by molar-refractivity contribution is 6.32. The standard InChI is InChI=1S/C66H36N2/c1-3-17-39-37(15-1)41-19-5-7-23-45(41)49-31-33-57-63(61(49)47-25-11-9-21-43(39)47)53-29-13-27-51-55-35-56-52-28-14-30-54-64-58(68(66(52)54)60(56)36-59(55)67(57)65(51)53)34-32-50-46-24-8-6-20-42(46)38-16-2-4-18-40(38)44-22-10-12-26-48(44)62(50)64/h1-36H. The van der Waals surface area contributed by atoms with Crippen molar-refractivity contribution in [3.8, 4) is 89.0 Å². The van der Waals surface area contributed by atoms with Gasteiger partial charge in [0.2, 0.25) is 0 Å². The van der Waals surface area contributed by atoms with E-state index in [4.69, 9.17) is 0 Å². The number of nitrogens with zero attached hydrogens (tertiary/aromatic N) is 2. The second-order valence-corrected chi connectivity index (χ2v) is 19.0. The third-order valence-electron chi connectivity index (χ3n) is 15.9. The van der Waals surface area contributed by atoms with Crippen LogP contribution in [0.1, 0.15) is 0 Å². The van der Waals surface area contributed by atoms with Gasteiger partial charge in [0, 0.05) is 54.2 Å². The van der Waals surface area contributed by atoms with E-state index in [1.807, 2.05) is 0 Å². The van der Waals surface area contributed by atoms with Gasteiger partial charge in [0.05, 0.1) is 33.1 Å². The molecule has 68 heavy (non-hydrogen) atoms. The van der Waals surface area contributed by atoms with Crippen LogP contribution >= 0.6 is 0 Å². The normalized spacial score (nSPS) is 12.7. The van der Waals surface area contributed by atoms with Crippen LogP contribution in [-0.2, 0) is 0 Å². The lowest BCUT2D eigenvalue weighted by atomic mass is 9.79. The van der Waals surface area contributed by atoms with E-state index in [1.165, 1.54) is 165 Å². The number of aromatic nitrogens is 2. The van der Waals surface area contributed by atoms with Gasteiger partial charge in [0.1, 0.15) is 0 Å². The summed E-state index contributed by atoms with van der Waals surface area (Å²) in [6.07, 6.45) is 0. The van der Waals surface area contributed by atoms with Crippen molar-refractivity contribution in [1.82, 2.24) is 8.80 Å². The number of hydrogen-bond donors (Lipinski definition) is 0. The minimum atomic E-state index is 1.24. The van der Waals surface area contributed by atoms with Crippen LogP contribution < -0.4 is 0 Å². The van der Waals surface area contributed by atoms with E-state index in [0.717, 1.165) is 0 Å². The summed E-state index contributed by atoms with van der Waals surface area (Å²) in [6, 6.07) is 82.6. The van der Waals surface area contributed by atoms with E-state index in [9.17, 15) is 0 Å². The monoisotopic (exact) mass is 856 g/mol. The molecule has 0 fully saturated rings. The summed E-state index contributed by atoms with van der Waals surface area (Å²) < 4.78 is 5.17. The first-order chi connectivity index (χ1) is 33.8. The molecule has 0 radical (unpaired) electrons. The zero-order valence-corrected chi connectivity index (χ0v) is 36.7. The first-order valence-corrected chi connectivity index (χ1v) is 23.8. The molecule has 0 saturated heterocycles. The molecule has 0 spiro atoms. The number of hydrogen-bond acceptors (Lipinski definition) is 0. The van der Waals surface area contributed by atoms with E-state index >= 15 is 0 Å². The molecule has 11 aromatic carbocycles. The Labute approximate surface area is 390 Å². The van der Waals surface area contributed by atoms with Gasteiger partial charge in [-0.2, -0.15) is 0 Å². The van der Waals surface area contributed by atoms with E-state index < -0.39 is 0 Å². The Morgan fingerprint density at radius 3 is 0.838 bits per heavy atom. The quantitative estimate of drug-likeness (QED) is 0.144. The predicted molar refractivity (Wildman–Crippen MR) is 286 cm³/mol. The van der Waals surface area contributed by atoms with Crippen molar-refractivity contribution < 1.29 is 0 Å². The SMILES string of the molecule is c1ccc2c(c1)-c1ccccc1-c1ccc3c(c1-c1ccccc1-2)c1cccc2c4cc5c6cccc7c8c9c(ccc8n(c5cc4n3c21)c67)-c1ccccc1-c1ccccc1-c1ccccc1-9. The average molecular weight is 857 g/mol. The highest BCUT2D eigenvalue weighted by Gasteiger charge is 2.30. The van der Waals surface area contributed by atoms with Crippen LogP contribution in [0, 0.1) is 0 Å². The van der Waals surface area contributed by atoms with Crippen molar-refractivity contribution in [1.29, 1.82) is 0 Å². The third kappa shape index (κ3) is 4.18. The van der Waals surface area contributed by atoms with Gasteiger partial charge in [-0.25, -0.2) is 0 Å². The first-order valence-electron chi connectivity index (χ1n) is 23.8. The van der Waals surface area contributed by atoms with Crippen molar-refractivity contribution in [2.45, 2.75) is 0 Å². The first kappa shape index (κ1) is 35.3. The predicted octanol–water partition coefficient (Wildman–Crippen LogP) is 17.9. The van der Waals surface area contributed by atoms with E-state index in [2.05, 4.69) is 227 Å². The van der Waals surface area contributed by atoms with Crippen molar-refractivity contribution in [3.63, 3.8) is 0 Å². The largest absolute Gasteiger partial charge is 0.308 e. The van der Waals surface area contributed by atoms with Gasteiger partial charge in [0.25, 0.3) is 0 Å². The van der Waals surface area contributed by atoms with E-state index in [1.54, 1.807) is 0 Å². The van der Waals surface area contributed by atoms with E-state index in [0.29, 0.717) is 0 Å². The number of benzene rings is 11. The fourth-order valence-electron chi connectivity index (χ4n) is 13.3. The lowest BCUT2D eigenvalue weighted by Crippen LogP contribution is -1.97. The molecule has 2 nitrogen and oxygen atoms in total. The Balaban J connectivity index is 1.01. The summed E-state index contributed by atoms with van der Waals surface area (Å²) in [5.74, 6) is 0. The van der Waals surface area contributed by atoms with Gasteiger partial charge >= 0.3 is 0 Å². The molecule has 0 unspecified atom stereocenters. The molecular weight excluding hydrogens is 821 g/mol. The molecule has 0 atom stereocenters. The highest BCUT2D eigenvalue weighted by Crippen LogP contribution is 2.55. The summed E-state index contributed by atoms with van der Waals surface area (Å²) in [5, 5.41) is 10.4. The van der Waals surface area contributed by atoms with Crippen LogP contribution in [0.2, 0.25) is 0 Å². The van der Waals surface area contributed by atoms with Gasteiger partial charge in [-0.15, -0.1) is 0 Å². The second-order valence-electron chi connectivity index (χ2n) is 19.0. The Bertz CT molecular complexity index is 4420. The van der Waals surface area contributed by atoms with Crippen LogP contribution in [0.15, 0.2) is 218 Å². The number of fused-ring (bicyclic) bond motifs is 30. The summed E-state index contributed by atoms with van der Waals surface area (Å²) in [5.41, 5.74) is 27.9. The smallest absolute Gasteiger partial charge is 0.0620 e. The lowest BCUT2D eigenvalue weighted by Gasteiger charge is -2.24. The molecule has 0 amide bonds. The Kier molecular flexibility index (Phi) is 6.47. The van der Waals surface area contributed by atoms with Crippen molar-refractivity contribution in [3.05, 3.63) is 218 Å². The zero-order chi connectivity index (χ0) is 43.9. The Morgan fingerprint density at radius 1 is 0.191 bits per heavy atom. The summed E-state index contributed by atoms with van der Waals surface area (Å²) in [4.78, 5) is 0. The zero-order valence-electron chi connectivity index (χ0n) is 36.7. The summed E-state index contributed by atoms with van der Waals surface area (Å²) in [7, 11) is 0. The molecule has 2 aliphatic rings. The minimum Gasteiger partial charge on any atom is -0.308 e. The van der Waals surface area contributed by atoms with Crippen LogP contribution in [0.25, 0.3) is 165 Å². The van der Waals surface area contributed by atoms with Crippen LogP contribution in [-0.4, -0.2) is 8.80 Å². The molecule has 0 N–H and O–H groups in total. The molecular formula is C66H36N2. The maximum absolute atomic E-state index is 2.59. The third-order valence-corrected chi connectivity index (χ3v) is 15.9. The van der Waals surface area contributed by atoms with Crippen molar-refractivity contribution in [2.24, 2.45) is 0 Å². The van der Waals surface area contributed by atoms with Gasteiger partial charge in [-0.3, -0.25) is 0 Å². The Morgan fingerprint density at radius 2 is 0.485 bits per heavy atom. The maximum atomic E-state index is 2.59. The van der Waals surface area contributed by atoms with Gasteiger partial charge in [-0.05, 0) is 102 Å². The second kappa shape index (κ2) is 12.5. The molecule has 2 heteroatoms. The molecule has 310 valence electrons.